The molecular formula is C22H32BN3O4. The number of carbonyl (C=O) groups is 1. The van der Waals surface area contributed by atoms with Gasteiger partial charge in [0.25, 0.3) is 0 Å². The van der Waals surface area contributed by atoms with Gasteiger partial charge >= 0.3 is 13.2 Å². The highest BCUT2D eigenvalue weighted by molar-refractivity contribution is 6.62. The summed E-state index contributed by atoms with van der Waals surface area (Å²) in [5.74, 6) is 0.112. The van der Waals surface area contributed by atoms with Gasteiger partial charge in [-0.05, 0) is 67.4 Å². The molecule has 1 aromatic heterocycles. The molecule has 3 rings (SSSR count). The number of carbonyl (C=O) groups excluding carboxylic acids is 1. The summed E-state index contributed by atoms with van der Waals surface area (Å²) in [7, 11) is -0.447. The second-order valence-corrected chi connectivity index (χ2v) is 10.1. The van der Waals surface area contributed by atoms with Gasteiger partial charge in [-0.3, -0.25) is 9.88 Å². The van der Waals surface area contributed by atoms with E-state index in [0.29, 0.717) is 13.0 Å². The van der Waals surface area contributed by atoms with E-state index in [4.69, 9.17) is 14.0 Å². The number of aromatic nitrogens is 1. The maximum absolute atomic E-state index is 12.4. The lowest BCUT2D eigenvalue weighted by molar-refractivity contribution is 0.00578. The minimum Gasteiger partial charge on any atom is -0.444 e. The molecule has 0 aromatic carbocycles. The van der Waals surface area contributed by atoms with Crippen LogP contribution in [0.3, 0.4) is 0 Å². The average molecular weight is 413 g/mol. The summed E-state index contributed by atoms with van der Waals surface area (Å²) in [6, 6.07) is 5.68. The first kappa shape index (κ1) is 22.6. The standard InChI is InChI=1S/C22H32BN3O4/c1-20(2,3)28-19(27)26-11-10-15(12-17(26)13-24)18-9-8-16(14-25-18)23-29-21(4,5)22(6,7)30-23/h8-9,14-15,17H,10-12H2,1-7H3. The fourth-order valence-electron chi connectivity index (χ4n) is 3.67. The third-order valence-electron chi connectivity index (χ3n) is 6.13. The van der Waals surface area contributed by atoms with Gasteiger partial charge in [-0.1, -0.05) is 6.07 Å². The van der Waals surface area contributed by atoms with Crippen LogP contribution in [0.4, 0.5) is 4.79 Å². The molecule has 2 saturated heterocycles. The summed E-state index contributed by atoms with van der Waals surface area (Å²) in [5.41, 5.74) is 0.411. The predicted molar refractivity (Wildman–Crippen MR) is 114 cm³/mol. The van der Waals surface area contributed by atoms with Crippen LogP contribution in [0.5, 0.6) is 0 Å². The van der Waals surface area contributed by atoms with E-state index in [-0.39, 0.29) is 5.92 Å². The molecule has 2 aliphatic rings. The van der Waals surface area contributed by atoms with E-state index >= 15 is 0 Å². The number of rotatable bonds is 2. The topological polar surface area (TPSA) is 84.7 Å². The van der Waals surface area contributed by atoms with Gasteiger partial charge in [0.15, 0.2) is 0 Å². The third-order valence-corrected chi connectivity index (χ3v) is 6.13. The number of amides is 1. The first-order valence-corrected chi connectivity index (χ1v) is 10.5. The zero-order chi connectivity index (χ0) is 22.3. The summed E-state index contributed by atoms with van der Waals surface area (Å²) < 4.78 is 17.6. The molecule has 2 aliphatic heterocycles. The van der Waals surface area contributed by atoms with Gasteiger partial charge in [-0.25, -0.2) is 4.79 Å². The molecule has 2 unspecified atom stereocenters. The third kappa shape index (κ3) is 4.63. The Hall–Kier alpha value is -2.11. The van der Waals surface area contributed by atoms with Gasteiger partial charge in [0.1, 0.15) is 11.6 Å². The van der Waals surface area contributed by atoms with E-state index < -0.39 is 36.1 Å². The van der Waals surface area contributed by atoms with Crippen molar-refractivity contribution in [3.63, 3.8) is 0 Å². The number of hydrogen-bond donors (Lipinski definition) is 0. The van der Waals surface area contributed by atoms with E-state index in [1.165, 1.54) is 4.90 Å². The van der Waals surface area contributed by atoms with E-state index in [0.717, 1.165) is 17.6 Å². The minimum absolute atomic E-state index is 0.112. The number of piperidine rings is 1. The lowest BCUT2D eigenvalue weighted by Gasteiger charge is -2.36. The maximum atomic E-state index is 12.4. The molecule has 7 nitrogen and oxygen atoms in total. The predicted octanol–water partition coefficient (Wildman–Crippen LogP) is 3.39. The first-order valence-electron chi connectivity index (χ1n) is 10.5. The molecule has 0 saturated carbocycles. The van der Waals surface area contributed by atoms with Crippen LogP contribution in [0.2, 0.25) is 0 Å². The van der Waals surface area contributed by atoms with Crippen molar-refractivity contribution in [1.82, 2.24) is 9.88 Å². The van der Waals surface area contributed by atoms with Crippen molar-refractivity contribution in [3.8, 4) is 6.07 Å². The summed E-state index contributed by atoms with van der Waals surface area (Å²) >= 11 is 0. The molecule has 8 heteroatoms. The maximum Gasteiger partial charge on any atom is 0.496 e. The fourth-order valence-corrected chi connectivity index (χ4v) is 3.67. The SMILES string of the molecule is CC(C)(C)OC(=O)N1CCC(c2ccc(B3OC(C)(C)C(C)(C)O3)cn2)CC1C#N. The highest BCUT2D eigenvalue weighted by Gasteiger charge is 2.51. The van der Waals surface area contributed by atoms with Crippen LogP contribution in [0.1, 0.15) is 72.9 Å². The van der Waals surface area contributed by atoms with Crippen LogP contribution in [-0.2, 0) is 14.0 Å². The van der Waals surface area contributed by atoms with Crippen molar-refractivity contribution < 1.29 is 18.8 Å². The normalized spacial score (nSPS) is 25.7. The monoisotopic (exact) mass is 413 g/mol. The molecule has 162 valence electrons. The van der Waals surface area contributed by atoms with E-state index in [1.54, 1.807) is 6.20 Å². The van der Waals surface area contributed by atoms with Gasteiger partial charge in [0.05, 0.1) is 17.3 Å². The second kappa shape index (κ2) is 7.86. The Balaban J connectivity index is 1.67. The lowest BCUT2D eigenvalue weighted by atomic mass is 9.79. The highest BCUT2D eigenvalue weighted by atomic mass is 16.7. The van der Waals surface area contributed by atoms with Crippen LogP contribution in [0.25, 0.3) is 0 Å². The number of nitrogens with zero attached hydrogens (tertiary/aromatic N) is 3. The van der Waals surface area contributed by atoms with Crippen LogP contribution >= 0.6 is 0 Å². The van der Waals surface area contributed by atoms with E-state index in [2.05, 4.69) is 11.1 Å². The van der Waals surface area contributed by atoms with Crippen molar-refractivity contribution >= 4 is 18.7 Å². The van der Waals surface area contributed by atoms with Crippen molar-refractivity contribution in [2.45, 2.75) is 90.1 Å². The van der Waals surface area contributed by atoms with Crippen molar-refractivity contribution in [3.05, 3.63) is 24.0 Å². The molecule has 0 radical (unpaired) electrons. The number of pyridine rings is 1. The largest absolute Gasteiger partial charge is 0.496 e. The number of nitriles is 1. The van der Waals surface area contributed by atoms with Crippen LogP contribution < -0.4 is 5.46 Å². The zero-order valence-corrected chi connectivity index (χ0v) is 19.1. The molecule has 0 aliphatic carbocycles. The quantitative estimate of drug-likeness (QED) is 0.691. The Morgan fingerprint density at radius 1 is 1.27 bits per heavy atom. The van der Waals surface area contributed by atoms with E-state index in [1.807, 2.05) is 60.6 Å². The lowest BCUT2D eigenvalue weighted by Crippen LogP contribution is -2.47. The zero-order valence-electron chi connectivity index (χ0n) is 19.1. The van der Waals surface area contributed by atoms with Crippen molar-refractivity contribution in [2.24, 2.45) is 0 Å². The molecule has 1 aromatic rings. The summed E-state index contributed by atoms with van der Waals surface area (Å²) in [6.45, 7) is 14.0. The summed E-state index contributed by atoms with van der Waals surface area (Å²) in [4.78, 5) is 18.6. The molecule has 30 heavy (non-hydrogen) atoms. The van der Waals surface area contributed by atoms with Gasteiger partial charge in [0.2, 0.25) is 0 Å². The minimum atomic E-state index is -0.584. The van der Waals surface area contributed by atoms with E-state index in [9.17, 15) is 10.1 Å². The van der Waals surface area contributed by atoms with Crippen LogP contribution in [0.15, 0.2) is 18.3 Å². The molecule has 2 atom stereocenters. The first-order chi connectivity index (χ1) is 13.8. The number of ether oxygens (including phenoxy) is 1. The Bertz CT molecular complexity index is 810. The summed E-state index contributed by atoms with van der Waals surface area (Å²) in [6.07, 6.45) is 2.63. The van der Waals surface area contributed by atoms with Gasteiger partial charge < -0.3 is 14.0 Å². The van der Waals surface area contributed by atoms with Crippen molar-refractivity contribution in [2.75, 3.05) is 6.54 Å². The van der Waals surface area contributed by atoms with Crippen LogP contribution in [0, 0.1) is 11.3 Å². The fraction of sp³-hybridized carbons (Fsp3) is 0.682. The Kier molecular flexibility index (Phi) is 5.92. The van der Waals surface area contributed by atoms with Crippen LogP contribution in [-0.4, -0.2) is 52.5 Å². The Morgan fingerprint density at radius 2 is 1.90 bits per heavy atom. The van der Waals surface area contributed by atoms with Crippen molar-refractivity contribution in [1.29, 1.82) is 5.26 Å². The van der Waals surface area contributed by atoms with Gasteiger partial charge in [0, 0.05) is 29.8 Å². The Labute approximate surface area is 179 Å². The smallest absolute Gasteiger partial charge is 0.444 e. The molecular weight excluding hydrogens is 381 g/mol. The second-order valence-electron chi connectivity index (χ2n) is 10.1. The highest BCUT2D eigenvalue weighted by Crippen LogP contribution is 2.36. The average Bonchev–Trinajstić information content (AvgIpc) is 2.87. The molecule has 0 bridgehead atoms. The van der Waals surface area contributed by atoms with Gasteiger partial charge in [-0.15, -0.1) is 0 Å². The number of hydrogen-bond acceptors (Lipinski definition) is 6. The Morgan fingerprint density at radius 3 is 2.40 bits per heavy atom. The molecule has 0 N–H and O–H groups in total. The summed E-state index contributed by atoms with van der Waals surface area (Å²) in [5, 5.41) is 9.61. The van der Waals surface area contributed by atoms with Gasteiger partial charge in [-0.2, -0.15) is 5.26 Å². The molecule has 3 heterocycles. The molecule has 2 fully saturated rings. The number of likely N-dealkylation sites (tertiary alicyclic amines) is 1. The molecule has 1 amide bonds. The molecule has 0 spiro atoms.